The van der Waals surface area contributed by atoms with E-state index >= 15 is 0 Å². The van der Waals surface area contributed by atoms with Crippen LogP contribution in [-0.2, 0) is 14.8 Å². The Morgan fingerprint density at radius 2 is 2.19 bits per heavy atom. The van der Waals surface area contributed by atoms with Gasteiger partial charge in [-0.05, 0) is 0 Å². The molecule has 0 saturated carbocycles. The molecule has 90 valence electrons. The number of anilines is 1. The highest BCUT2D eigenvalue weighted by atomic mass is 35.5. The number of hydrogen-bond acceptors (Lipinski definition) is 6. The highest BCUT2D eigenvalue weighted by Crippen LogP contribution is 2.19. The van der Waals surface area contributed by atoms with Crippen LogP contribution in [0.25, 0.3) is 0 Å². The molecule has 0 atom stereocenters. The lowest BCUT2D eigenvalue weighted by Crippen LogP contribution is -2.25. The van der Waals surface area contributed by atoms with Crippen LogP contribution in [0.2, 0.25) is 0 Å². The number of sulfonamides is 1. The summed E-state index contributed by atoms with van der Waals surface area (Å²) in [7, 11) is -3.68. The lowest BCUT2D eigenvalue weighted by Gasteiger charge is -1.98. The Kier molecular flexibility index (Phi) is 4.59. The zero-order valence-corrected chi connectivity index (χ0v) is 10.6. The number of aromatic nitrogens is 2. The van der Waals surface area contributed by atoms with Gasteiger partial charge >= 0.3 is 0 Å². The first-order chi connectivity index (χ1) is 7.45. The maximum atomic E-state index is 11.5. The minimum Gasteiger partial charge on any atom is -0.301 e. The van der Waals surface area contributed by atoms with Gasteiger partial charge in [0.2, 0.25) is 15.4 Å². The lowest BCUT2D eigenvalue weighted by atomic mass is 10.7. The first-order valence-electron chi connectivity index (χ1n) is 4.12. The predicted octanol–water partition coefficient (Wildman–Crippen LogP) is 0.0136. The van der Waals surface area contributed by atoms with E-state index in [9.17, 15) is 13.2 Å². The van der Waals surface area contributed by atoms with E-state index in [1.807, 2.05) is 0 Å². The summed E-state index contributed by atoms with van der Waals surface area (Å²) < 4.78 is 25.1. The number of rotatable bonds is 5. The van der Waals surface area contributed by atoms with Crippen molar-refractivity contribution in [1.82, 2.24) is 14.9 Å². The summed E-state index contributed by atoms with van der Waals surface area (Å²) in [6, 6.07) is 0. The number of halogens is 1. The van der Waals surface area contributed by atoms with Gasteiger partial charge in [-0.2, -0.15) is 0 Å². The van der Waals surface area contributed by atoms with Crippen LogP contribution in [0.5, 0.6) is 0 Å². The van der Waals surface area contributed by atoms with Crippen LogP contribution in [0.1, 0.15) is 6.92 Å². The molecule has 1 amide bonds. The molecule has 0 spiro atoms. The van der Waals surface area contributed by atoms with Crippen molar-refractivity contribution < 1.29 is 13.2 Å². The fraction of sp³-hybridized carbons (Fsp3) is 0.500. The van der Waals surface area contributed by atoms with Crippen LogP contribution in [-0.4, -0.2) is 36.9 Å². The highest BCUT2D eigenvalue weighted by Gasteiger charge is 2.19. The summed E-state index contributed by atoms with van der Waals surface area (Å²) in [5.41, 5.74) is 0. The largest absolute Gasteiger partial charge is 0.301 e. The van der Waals surface area contributed by atoms with Crippen LogP contribution >= 0.6 is 22.9 Å². The smallest absolute Gasteiger partial charge is 0.269 e. The summed E-state index contributed by atoms with van der Waals surface area (Å²) in [5.74, 6) is -0.176. The minimum absolute atomic E-state index is 0.110. The molecule has 0 aliphatic rings. The van der Waals surface area contributed by atoms with Crippen molar-refractivity contribution in [3.8, 4) is 0 Å². The number of alkyl halides is 1. The molecule has 1 heterocycles. The number of nitrogens with one attached hydrogen (secondary N) is 2. The maximum absolute atomic E-state index is 11.5. The van der Waals surface area contributed by atoms with E-state index in [0.717, 1.165) is 11.3 Å². The molecule has 0 aliphatic heterocycles. The van der Waals surface area contributed by atoms with Gasteiger partial charge in [0.05, 0.1) is 0 Å². The molecule has 0 aliphatic carbocycles. The van der Waals surface area contributed by atoms with Crippen molar-refractivity contribution in [2.75, 3.05) is 17.7 Å². The van der Waals surface area contributed by atoms with Crippen LogP contribution in [0.15, 0.2) is 4.34 Å². The van der Waals surface area contributed by atoms with E-state index in [2.05, 4.69) is 20.2 Å². The molecule has 10 heteroatoms. The van der Waals surface area contributed by atoms with Gasteiger partial charge in [-0.15, -0.1) is 21.8 Å². The Morgan fingerprint density at radius 1 is 1.50 bits per heavy atom. The molecule has 0 saturated heterocycles. The third-order valence-corrected chi connectivity index (χ3v) is 4.16. The van der Waals surface area contributed by atoms with E-state index in [4.69, 9.17) is 11.6 Å². The molecular weight excluding hydrogens is 276 g/mol. The number of amides is 1. The molecule has 0 radical (unpaired) electrons. The molecule has 0 unspecified atom stereocenters. The normalized spacial score (nSPS) is 11.4. The number of carbonyl (C=O) groups is 1. The summed E-state index contributed by atoms with van der Waals surface area (Å²) in [6.45, 7) is 1.40. The standard InChI is InChI=1S/C6H9ClN4O3S2/c1-4(12)9-5-10-11-6(15-5)16(13,14)8-3-2-7/h8H,2-3H2,1H3,(H,9,10,12). The van der Waals surface area contributed by atoms with Crippen molar-refractivity contribution in [3.63, 3.8) is 0 Å². The number of carbonyl (C=O) groups excluding carboxylic acids is 1. The zero-order valence-electron chi connectivity index (χ0n) is 8.23. The molecule has 7 nitrogen and oxygen atoms in total. The van der Waals surface area contributed by atoms with Crippen molar-refractivity contribution in [2.24, 2.45) is 0 Å². The monoisotopic (exact) mass is 284 g/mol. The molecule has 1 rings (SSSR count). The Hall–Kier alpha value is -0.770. The van der Waals surface area contributed by atoms with Gasteiger partial charge in [0.25, 0.3) is 10.0 Å². The third-order valence-electron chi connectivity index (χ3n) is 1.31. The van der Waals surface area contributed by atoms with Gasteiger partial charge < -0.3 is 5.32 Å². The molecule has 0 aromatic carbocycles. The average molecular weight is 285 g/mol. The second-order valence-electron chi connectivity index (χ2n) is 2.64. The Bertz CT molecular complexity index is 472. The Labute approximate surface area is 101 Å². The summed E-state index contributed by atoms with van der Waals surface area (Å²) in [6.07, 6.45) is 0. The summed E-state index contributed by atoms with van der Waals surface area (Å²) in [5, 5.41) is 9.45. The van der Waals surface area contributed by atoms with E-state index < -0.39 is 10.0 Å². The van der Waals surface area contributed by atoms with Crippen LogP contribution in [0, 0.1) is 0 Å². The van der Waals surface area contributed by atoms with Gasteiger partial charge in [0.15, 0.2) is 0 Å². The van der Waals surface area contributed by atoms with Gasteiger partial charge in [0.1, 0.15) is 0 Å². The van der Waals surface area contributed by atoms with Crippen LogP contribution in [0.3, 0.4) is 0 Å². The Morgan fingerprint density at radius 3 is 2.75 bits per heavy atom. The first-order valence-corrected chi connectivity index (χ1v) is 6.96. The van der Waals surface area contributed by atoms with Crippen molar-refractivity contribution in [3.05, 3.63) is 0 Å². The second kappa shape index (κ2) is 5.53. The van der Waals surface area contributed by atoms with Gasteiger partial charge in [-0.1, -0.05) is 11.3 Å². The maximum Gasteiger partial charge on any atom is 0.269 e. The van der Waals surface area contributed by atoms with Crippen molar-refractivity contribution >= 4 is 44.0 Å². The second-order valence-corrected chi connectivity index (χ2v) is 5.94. The quantitative estimate of drug-likeness (QED) is 0.586. The summed E-state index contributed by atoms with van der Waals surface area (Å²) in [4.78, 5) is 10.7. The number of hydrogen-bond donors (Lipinski definition) is 2. The molecule has 16 heavy (non-hydrogen) atoms. The topological polar surface area (TPSA) is 101 Å². The van der Waals surface area contributed by atoms with Crippen LogP contribution in [0.4, 0.5) is 5.13 Å². The van der Waals surface area contributed by atoms with Gasteiger partial charge in [0, 0.05) is 19.3 Å². The van der Waals surface area contributed by atoms with E-state index in [0.29, 0.717) is 0 Å². The van der Waals surface area contributed by atoms with Gasteiger partial charge in [-0.25, -0.2) is 13.1 Å². The molecule has 0 bridgehead atoms. The van der Waals surface area contributed by atoms with Gasteiger partial charge in [-0.3, -0.25) is 4.79 Å². The third kappa shape index (κ3) is 3.67. The van der Waals surface area contributed by atoms with E-state index in [1.54, 1.807) is 0 Å². The molecule has 0 fully saturated rings. The average Bonchev–Trinajstić information content (AvgIpc) is 2.63. The van der Waals surface area contributed by atoms with Crippen molar-refractivity contribution in [1.29, 1.82) is 0 Å². The first kappa shape index (κ1) is 13.3. The highest BCUT2D eigenvalue weighted by molar-refractivity contribution is 7.91. The van der Waals surface area contributed by atoms with Crippen molar-refractivity contribution in [2.45, 2.75) is 11.3 Å². The fourth-order valence-electron chi connectivity index (χ4n) is 0.754. The fourth-order valence-corrected chi connectivity index (χ4v) is 2.98. The predicted molar refractivity (Wildman–Crippen MR) is 60.1 cm³/mol. The molecule has 1 aromatic heterocycles. The zero-order chi connectivity index (χ0) is 12.2. The Balaban J connectivity index is 2.80. The molecule has 1 aromatic rings. The number of nitrogens with zero attached hydrogens (tertiary/aromatic N) is 2. The minimum atomic E-state index is -3.68. The van der Waals surface area contributed by atoms with Crippen LogP contribution < -0.4 is 10.0 Å². The van der Waals surface area contributed by atoms with E-state index in [1.165, 1.54) is 6.92 Å². The molecule has 2 N–H and O–H groups in total. The SMILES string of the molecule is CC(=O)Nc1nnc(S(=O)(=O)NCCCl)s1. The molecular formula is C6H9ClN4O3S2. The van der Waals surface area contributed by atoms with E-state index in [-0.39, 0.29) is 27.8 Å². The lowest BCUT2D eigenvalue weighted by molar-refractivity contribution is -0.114. The summed E-state index contributed by atoms with van der Waals surface area (Å²) >= 11 is 6.12.